The van der Waals surface area contributed by atoms with Gasteiger partial charge in [0.15, 0.2) is 11.4 Å². The number of hydrogen-bond donors (Lipinski definition) is 0. The Morgan fingerprint density at radius 3 is 2.92 bits per heavy atom. The van der Waals surface area contributed by atoms with Gasteiger partial charge in [-0.25, -0.2) is 9.97 Å². The van der Waals surface area contributed by atoms with Gasteiger partial charge in [0.2, 0.25) is 0 Å². The van der Waals surface area contributed by atoms with Gasteiger partial charge in [0.1, 0.15) is 17.4 Å². The summed E-state index contributed by atoms with van der Waals surface area (Å²) in [4.78, 5) is 23.4. The number of esters is 1. The molecule has 1 aliphatic heterocycles. The topological polar surface area (TPSA) is 68.5 Å². The van der Waals surface area contributed by atoms with Crippen molar-refractivity contribution in [3.05, 3.63) is 30.6 Å². The van der Waals surface area contributed by atoms with Crippen LogP contribution in [0.3, 0.4) is 0 Å². The number of aromatic nitrogens is 2. The molecule has 26 heavy (non-hydrogen) atoms. The molecular weight excluding hydrogens is 330 g/mol. The Hall–Kier alpha value is -2.63. The summed E-state index contributed by atoms with van der Waals surface area (Å²) in [5.41, 5.74) is 1.82. The van der Waals surface area contributed by atoms with Gasteiger partial charge in [0, 0.05) is 18.5 Å². The molecule has 0 radical (unpaired) electrons. The summed E-state index contributed by atoms with van der Waals surface area (Å²) in [6.07, 6.45) is 3.58. The molecular formula is C20H23N3O3. The second-order valence-electron chi connectivity index (χ2n) is 7.47. The third-order valence-electron chi connectivity index (χ3n) is 5.59. The van der Waals surface area contributed by atoms with Crippen LogP contribution >= 0.6 is 0 Å². The first-order chi connectivity index (χ1) is 12.5. The van der Waals surface area contributed by atoms with Gasteiger partial charge in [-0.05, 0) is 44.7 Å². The Balaban J connectivity index is 1.72. The second kappa shape index (κ2) is 6.27. The normalized spacial score (nSPS) is 18.4. The Labute approximate surface area is 152 Å². The molecule has 0 aliphatic carbocycles. The van der Waals surface area contributed by atoms with E-state index in [9.17, 15) is 4.79 Å². The highest BCUT2D eigenvalue weighted by atomic mass is 16.5. The first kappa shape index (κ1) is 16.8. The van der Waals surface area contributed by atoms with Gasteiger partial charge >= 0.3 is 5.97 Å². The molecule has 1 fully saturated rings. The van der Waals surface area contributed by atoms with E-state index in [4.69, 9.17) is 9.15 Å². The average Bonchev–Trinajstić information content (AvgIpc) is 3.06. The zero-order chi connectivity index (χ0) is 18.3. The van der Waals surface area contributed by atoms with Crippen LogP contribution in [0.2, 0.25) is 0 Å². The fourth-order valence-electron chi connectivity index (χ4n) is 3.93. The smallest absolute Gasteiger partial charge is 0.311 e. The zero-order valence-electron chi connectivity index (χ0n) is 15.4. The van der Waals surface area contributed by atoms with E-state index in [1.54, 1.807) is 6.33 Å². The maximum atomic E-state index is 12.2. The summed E-state index contributed by atoms with van der Waals surface area (Å²) in [5.74, 6) is 0.829. The molecule has 2 aromatic heterocycles. The van der Waals surface area contributed by atoms with Crippen molar-refractivity contribution in [1.29, 1.82) is 0 Å². The summed E-state index contributed by atoms with van der Waals surface area (Å²) in [7, 11) is 1.45. The van der Waals surface area contributed by atoms with Crippen LogP contribution in [0.25, 0.3) is 22.1 Å². The largest absolute Gasteiger partial charge is 0.469 e. The number of methoxy groups -OCH3 is 1. The number of anilines is 1. The number of ether oxygens (including phenoxy) is 1. The predicted molar refractivity (Wildman–Crippen MR) is 100 cm³/mol. The van der Waals surface area contributed by atoms with Crippen LogP contribution in [-0.4, -0.2) is 36.1 Å². The second-order valence-corrected chi connectivity index (χ2v) is 7.47. The number of piperidine rings is 1. The maximum absolute atomic E-state index is 12.2. The Morgan fingerprint density at radius 1 is 1.31 bits per heavy atom. The van der Waals surface area contributed by atoms with Crippen LogP contribution in [0.1, 0.15) is 26.7 Å². The minimum atomic E-state index is -0.534. The van der Waals surface area contributed by atoms with Crippen molar-refractivity contribution >= 4 is 33.9 Å². The minimum absolute atomic E-state index is 0.166. The number of para-hydroxylation sites is 1. The van der Waals surface area contributed by atoms with E-state index >= 15 is 0 Å². The minimum Gasteiger partial charge on any atom is -0.469 e. The number of fused-ring (bicyclic) bond motifs is 3. The van der Waals surface area contributed by atoms with E-state index in [1.807, 2.05) is 38.1 Å². The third kappa shape index (κ3) is 2.60. The lowest BCUT2D eigenvalue weighted by molar-refractivity contribution is -0.154. The monoisotopic (exact) mass is 353 g/mol. The summed E-state index contributed by atoms with van der Waals surface area (Å²) in [6.45, 7) is 5.55. The van der Waals surface area contributed by atoms with E-state index in [0.717, 1.165) is 48.2 Å². The molecule has 1 atom stereocenters. The third-order valence-corrected chi connectivity index (χ3v) is 5.59. The highest BCUT2D eigenvalue weighted by Gasteiger charge is 2.40. The Kier molecular flexibility index (Phi) is 4.05. The zero-order valence-corrected chi connectivity index (χ0v) is 15.4. The number of benzene rings is 1. The summed E-state index contributed by atoms with van der Waals surface area (Å²) in [6, 6.07) is 7.89. The lowest BCUT2D eigenvalue weighted by Crippen LogP contribution is -2.45. The fourth-order valence-corrected chi connectivity index (χ4v) is 3.93. The van der Waals surface area contributed by atoms with Crippen LogP contribution in [-0.2, 0) is 9.53 Å². The van der Waals surface area contributed by atoms with Crippen LogP contribution in [0, 0.1) is 11.3 Å². The average molecular weight is 353 g/mol. The van der Waals surface area contributed by atoms with Gasteiger partial charge in [-0.2, -0.15) is 0 Å². The first-order valence-electron chi connectivity index (χ1n) is 8.98. The van der Waals surface area contributed by atoms with Gasteiger partial charge < -0.3 is 14.1 Å². The molecule has 1 aliphatic rings. The van der Waals surface area contributed by atoms with Crippen molar-refractivity contribution in [2.45, 2.75) is 26.7 Å². The van der Waals surface area contributed by atoms with Crippen molar-refractivity contribution in [3.8, 4) is 0 Å². The van der Waals surface area contributed by atoms with Crippen molar-refractivity contribution in [3.63, 3.8) is 0 Å². The lowest BCUT2D eigenvalue weighted by atomic mass is 9.74. The number of rotatable bonds is 3. The molecule has 6 nitrogen and oxygen atoms in total. The molecule has 1 unspecified atom stereocenters. The van der Waals surface area contributed by atoms with Crippen LogP contribution in [0.4, 0.5) is 5.82 Å². The Bertz CT molecular complexity index is 963. The standard InChI is InChI=1S/C20H23N3O3/c1-20(2,19(24)25-3)13-7-6-10-23(11-13)18-17-16(21-12-22-18)14-8-4-5-9-15(14)26-17/h4-5,8-9,12-13H,6-7,10-11H2,1-3H3. The summed E-state index contributed by atoms with van der Waals surface area (Å²) >= 11 is 0. The molecule has 136 valence electrons. The lowest BCUT2D eigenvalue weighted by Gasteiger charge is -2.40. The molecule has 4 rings (SSSR count). The quantitative estimate of drug-likeness (QED) is 0.667. The molecule has 1 saturated heterocycles. The van der Waals surface area contributed by atoms with Gasteiger partial charge in [0.25, 0.3) is 0 Å². The van der Waals surface area contributed by atoms with Crippen molar-refractivity contribution in [1.82, 2.24) is 9.97 Å². The van der Waals surface area contributed by atoms with E-state index in [0.29, 0.717) is 5.58 Å². The number of nitrogens with zero attached hydrogens (tertiary/aromatic N) is 3. The van der Waals surface area contributed by atoms with Crippen molar-refractivity contribution in [2.24, 2.45) is 11.3 Å². The number of carbonyl (C=O) groups excluding carboxylic acids is 1. The maximum Gasteiger partial charge on any atom is 0.311 e. The molecule has 0 amide bonds. The van der Waals surface area contributed by atoms with Crippen molar-refractivity contribution < 1.29 is 13.9 Å². The molecule has 1 aromatic carbocycles. The van der Waals surface area contributed by atoms with Gasteiger partial charge in [-0.1, -0.05) is 12.1 Å². The van der Waals surface area contributed by atoms with Crippen LogP contribution in [0.5, 0.6) is 0 Å². The number of furan rings is 1. The van der Waals surface area contributed by atoms with E-state index in [-0.39, 0.29) is 11.9 Å². The molecule has 0 saturated carbocycles. The molecule has 6 heteroatoms. The SMILES string of the molecule is COC(=O)C(C)(C)C1CCCN(c2ncnc3c2oc2ccccc23)C1. The van der Waals surface area contributed by atoms with E-state index in [1.165, 1.54) is 7.11 Å². The highest BCUT2D eigenvalue weighted by molar-refractivity contribution is 6.05. The fraction of sp³-hybridized carbons (Fsp3) is 0.450. The predicted octanol–water partition coefficient (Wildman–Crippen LogP) is 3.79. The first-order valence-corrected chi connectivity index (χ1v) is 8.98. The highest BCUT2D eigenvalue weighted by Crippen LogP contribution is 2.38. The Morgan fingerprint density at radius 2 is 2.12 bits per heavy atom. The van der Waals surface area contributed by atoms with Gasteiger partial charge in [-0.15, -0.1) is 0 Å². The van der Waals surface area contributed by atoms with Crippen molar-refractivity contribution in [2.75, 3.05) is 25.1 Å². The van der Waals surface area contributed by atoms with E-state index in [2.05, 4.69) is 14.9 Å². The molecule has 0 bridgehead atoms. The van der Waals surface area contributed by atoms with Crippen LogP contribution < -0.4 is 4.90 Å². The summed E-state index contributed by atoms with van der Waals surface area (Å²) in [5, 5.41) is 0.995. The molecule has 0 N–H and O–H groups in total. The molecule has 0 spiro atoms. The molecule has 3 heterocycles. The number of hydrogen-bond acceptors (Lipinski definition) is 6. The summed E-state index contributed by atoms with van der Waals surface area (Å²) < 4.78 is 11.1. The van der Waals surface area contributed by atoms with Crippen LogP contribution in [0.15, 0.2) is 35.0 Å². The van der Waals surface area contributed by atoms with Gasteiger partial charge in [0.05, 0.1) is 12.5 Å². The van der Waals surface area contributed by atoms with E-state index < -0.39 is 5.41 Å². The molecule has 3 aromatic rings. The van der Waals surface area contributed by atoms with Gasteiger partial charge in [-0.3, -0.25) is 4.79 Å². The number of carbonyl (C=O) groups is 1.